The maximum Gasteiger partial charge on any atom is 0.222 e. The summed E-state index contributed by atoms with van der Waals surface area (Å²) in [6.45, 7) is 5.12. The van der Waals surface area contributed by atoms with Crippen LogP contribution in [0.2, 0.25) is 0 Å². The van der Waals surface area contributed by atoms with E-state index in [9.17, 15) is 0 Å². The Morgan fingerprint density at radius 3 is 2.69 bits per heavy atom. The molecule has 0 amide bonds. The first-order valence-corrected chi connectivity index (χ1v) is 5.66. The Balaban J connectivity index is 2.20. The van der Waals surface area contributed by atoms with E-state index in [2.05, 4.69) is 12.1 Å². The Bertz CT molecular complexity index is 309. The first-order valence-electron chi connectivity index (χ1n) is 5.66. The summed E-state index contributed by atoms with van der Waals surface area (Å²) in [6, 6.07) is 9.94. The zero-order valence-corrected chi connectivity index (χ0v) is 9.98. The lowest BCUT2D eigenvalue weighted by molar-refractivity contribution is 0.118. The highest BCUT2D eigenvalue weighted by Gasteiger charge is 1.93. The van der Waals surface area contributed by atoms with E-state index in [1.165, 1.54) is 0 Å². The number of hydrogen-bond acceptors (Lipinski definition) is 3. The molecular formula is C13H19NO2. The maximum absolute atomic E-state index is 5.35. The van der Waals surface area contributed by atoms with E-state index < -0.39 is 0 Å². The van der Waals surface area contributed by atoms with E-state index in [4.69, 9.17) is 9.57 Å². The SMILES string of the molecule is CCCCOC(C)=NOCc1ccccc1. The lowest BCUT2D eigenvalue weighted by Gasteiger charge is -2.04. The van der Waals surface area contributed by atoms with Gasteiger partial charge in [0.1, 0.15) is 6.61 Å². The first kappa shape index (κ1) is 12.6. The summed E-state index contributed by atoms with van der Waals surface area (Å²) < 4.78 is 5.35. The van der Waals surface area contributed by atoms with Gasteiger partial charge in [0.25, 0.3) is 0 Å². The van der Waals surface area contributed by atoms with E-state index >= 15 is 0 Å². The van der Waals surface area contributed by atoms with E-state index in [1.807, 2.05) is 30.3 Å². The molecule has 0 bridgehead atoms. The zero-order chi connectivity index (χ0) is 11.6. The van der Waals surface area contributed by atoms with Gasteiger partial charge in [-0.1, -0.05) is 48.8 Å². The largest absolute Gasteiger partial charge is 0.479 e. The molecule has 0 saturated carbocycles. The standard InChI is InChI=1S/C13H19NO2/c1-3-4-10-15-12(2)14-16-11-13-8-6-5-7-9-13/h5-9H,3-4,10-11H2,1-2H3. The van der Waals surface area contributed by atoms with Gasteiger partial charge in [0.15, 0.2) is 0 Å². The van der Waals surface area contributed by atoms with Crippen LogP contribution in [0, 0.1) is 0 Å². The van der Waals surface area contributed by atoms with Crippen molar-refractivity contribution < 1.29 is 9.57 Å². The normalized spacial score (nSPS) is 11.2. The molecule has 0 heterocycles. The van der Waals surface area contributed by atoms with Gasteiger partial charge in [0, 0.05) is 6.92 Å². The second kappa shape index (κ2) is 7.74. The van der Waals surface area contributed by atoms with Gasteiger partial charge in [0.2, 0.25) is 5.90 Å². The van der Waals surface area contributed by atoms with Crippen molar-refractivity contribution in [3.05, 3.63) is 35.9 Å². The Labute approximate surface area is 97.1 Å². The highest BCUT2D eigenvalue weighted by molar-refractivity contribution is 5.72. The van der Waals surface area contributed by atoms with Gasteiger partial charge in [0.05, 0.1) is 6.61 Å². The Morgan fingerprint density at radius 2 is 2.00 bits per heavy atom. The zero-order valence-electron chi connectivity index (χ0n) is 9.98. The summed E-state index contributed by atoms with van der Waals surface area (Å²) in [5.41, 5.74) is 1.10. The maximum atomic E-state index is 5.35. The average molecular weight is 221 g/mol. The van der Waals surface area contributed by atoms with Crippen molar-refractivity contribution in [2.45, 2.75) is 33.3 Å². The molecule has 0 aliphatic carbocycles. The molecule has 0 atom stereocenters. The van der Waals surface area contributed by atoms with E-state index in [1.54, 1.807) is 6.92 Å². The van der Waals surface area contributed by atoms with Crippen molar-refractivity contribution in [1.82, 2.24) is 0 Å². The van der Waals surface area contributed by atoms with Gasteiger partial charge >= 0.3 is 0 Å². The van der Waals surface area contributed by atoms with Crippen molar-refractivity contribution in [2.75, 3.05) is 6.61 Å². The molecule has 1 aromatic rings. The molecule has 0 spiro atoms. The lowest BCUT2D eigenvalue weighted by Crippen LogP contribution is -2.02. The van der Waals surface area contributed by atoms with Crippen molar-refractivity contribution in [1.29, 1.82) is 0 Å². The van der Waals surface area contributed by atoms with Crippen molar-refractivity contribution in [3.63, 3.8) is 0 Å². The first-order chi connectivity index (χ1) is 7.83. The number of benzene rings is 1. The topological polar surface area (TPSA) is 30.8 Å². The van der Waals surface area contributed by atoms with Gasteiger partial charge in [-0.2, -0.15) is 0 Å². The van der Waals surface area contributed by atoms with Crippen LogP contribution < -0.4 is 0 Å². The third-order valence-corrected chi connectivity index (χ3v) is 2.08. The molecule has 0 aromatic heterocycles. The minimum atomic E-state index is 0.481. The van der Waals surface area contributed by atoms with Crippen LogP contribution >= 0.6 is 0 Å². The van der Waals surface area contributed by atoms with Gasteiger partial charge in [-0.3, -0.25) is 0 Å². The number of rotatable bonds is 6. The summed E-state index contributed by atoms with van der Waals surface area (Å²) in [7, 11) is 0. The molecule has 3 heteroatoms. The minimum Gasteiger partial charge on any atom is -0.479 e. The molecule has 0 unspecified atom stereocenters. The van der Waals surface area contributed by atoms with Crippen LogP contribution in [0.1, 0.15) is 32.3 Å². The molecule has 1 rings (SSSR count). The van der Waals surface area contributed by atoms with Crippen LogP contribution in [0.15, 0.2) is 35.5 Å². The van der Waals surface area contributed by atoms with Gasteiger partial charge in [-0.05, 0) is 12.0 Å². The van der Waals surface area contributed by atoms with Gasteiger partial charge in [-0.25, -0.2) is 0 Å². The number of nitrogens with zero attached hydrogens (tertiary/aromatic N) is 1. The Morgan fingerprint density at radius 1 is 1.25 bits per heavy atom. The second-order valence-electron chi connectivity index (χ2n) is 3.57. The highest BCUT2D eigenvalue weighted by atomic mass is 16.6. The van der Waals surface area contributed by atoms with E-state index in [0.717, 1.165) is 18.4 Å². The quantitative estimate of drug-likeness (QED) is 0.319. The lowest BCUT2D eigenvalue weighted by atomic mass is 10.2. The summed E-state index contributed by atoms with van der Waals surface area (Å²) in [6.07, 6.45) is 2.17. The molecule has 0 radical (unpaired) electrons. The van der Waals surface area contributed by atoms with Crippen LogP contribution in [-0.2, 0) is 16.2 Å². The molecule has 0 aliphatic rings. The average Bonchev–Trinajstić information content (AvgIpc) is 2.31. The number of hydrogen-bond donors (Lipinski definition) is 0. The van der Waals surface area contributed by atoms with Gasteiger partial charge in [-0.15, -0.1) is 0 Å². The number of ether oxygens (including phenoxy) is 1. The fourth-order valence-corrected chi connectivity index (χ4v) is 1.16. The van der Waals surface area contributed by atoms with Crippen molar-refractivity contribution >= 4 is 5.90 Å². The molecular weight excluding hydrogens is 202 g/mol. The third kappa shape index (κ3) is 5.39. The molecule has 3 nitrogen and oxygen atoms in total. The smallest absolute Gasteiger partial charge is 0.222 e. The number of unbranched alkanes of at least 4 members (excludes halogenated alkanes) is 1. The summed E-state index contributed by atoms with van der Waals surface area (Å²) in [5, 5.41) is 3.89. The van der Waals surface area contributed by atoms with E-state index in [0.29, 0.717) is 19.1 Å². The predicted molar refractivity (Wildman–Crippen MR) is 65.2 cm³/mol. The Kier molecular flexibility index (Phi) is 6.07. The second-order valence-corrected chi connectivity index (χ2v) is 3.57. The number of oxime groups is 1. The fourth-order valence-electron chi connectivity index (χ4n) is 1.16. The van der Waals surface area contributed by atoms with Crippen LogP contribution in [-0.4, -0.2) is 12.5 Å². The monoisotopic (exact) mass is 221 g/mol. The summed E-state index contributed by atoms with van der Waals surface area (Å²) in [4.78, 5) is 5.18. The molecule has 0 saturated heterocycles. The molecule has 0 aliphatic heterocycles. The third-order valence-electron chi connectivity index (χ3n) is 2.08. The van der Waals surface area contributed by atoms with E-state index in [-0.39, 0.29) is 0 Å². The molecule has 0 N–H and O–H groups in total. The van der Waals surface area contributed by atoms with Crippen molar-refractivity contribution in [2.24, 2.45) is 5.16 Å². The van der Waals surface area contributed by atoms with Crippen LogP contribution in [0.4, 0.5) is 0 Å². The molecule has 0 fully saturated rings. The minimum absolute atomic E-state index is 0.481. The molecule has 1 aromatic carbocycles. The summed E-state index contributed by atoms with van der Waals surface area (Å²) in [5.74, 6) is 0.587. The van der Waals surface area contributed by atoms with Crippen LogP contribution in [0.5, 0.6) is 0 Å². The molecule has 16 heavy (non-hydrogen) atoms. The fraction of sp³-hybridized carbons (Fsp3) is 0.462. The molecule has 88 valence electrons. The van der Waals surface area contributed by atoms with Crippen LogP contribution in [0.3, 0.4) is 0 Å². The van der Waals surface area contributed by atoms with Gasteiger partial charge < -0.3 is 9.57 Å². The highest BCUT2D eigenvalue weighted by Crippen LogP contribution is 2.01. The summed E-state index contributed by atoms with van der Waals surface area (Å²) >= 11 is 0. The van der Waals surface area contributed by atoms with Crippen LogP contribution in [0.25, 0.3) is 0 Å². The van der Waals surface area contributed by atoms with Crippen molar-refractivity contribution in [3.8, 4) is 0 Å². The predicted octanol–water partition coefficient (Wildman–Crippen LogP) is 3.35. The Hall–Kier alpha value is -1.51.